The van der Waals surface area contributed by atoms with Crippen LogP contribution in [0.4, 0.5) is 5.95 Å². The third kappa shape index (κ3) is 4.23. The van der Waals surface area contributed by atoms with E-state index in [0.29, 0.717) is 31.0 Å². The molecule has 0 radical (unpaired) electrons. The number of rotatable bonds is 6. The average molecular weight is 467 g/mol. The predicted octanol–water partition coefficient (Wildman–Crippen LogP) is 3.20. The number of piperidine rings is 1. The summed E-state index contributed by atoms with van der Waals surface area (Å²) in [4.78, 5) is 24.8. The number of benzene rings is 2. The summed E-state index contributed by atoms with van der Waals surface area (Å²) >= 11 is 0. The molecule has 0 atom stereocenters. The fourth-order valence-corrected chi connectivity index (χ4v) is 5.84. The van der Waals surface area contributed by atoms with Crippen LogP contribution >= 0.6 is 0 Å². The highest BCUT2D eigenvalue weighted by Gasteiger charge is 2.26. The van der Waals surface area contributed by atoms with E-state index in [4.69, 9.17) is 0 Å². The second-order valence-corrected chi connectivity index (χ2v) is 10.3. The largest absolute Gasteiger partial charge is 0.331 e. The highest BCUT2D eigenvalue weighted by atomic mass is 32.2. The SMILES string of the molecule is Cn1c(CCC(=O)Nc2nc3ccccc3[nH]2)nc2cc(S(=O)(=O)N3CCCCC3)ccc21. The highest BCUT2D eigenvalue weighted by molar-refractivity contribution is 7.89. The fourth-order valence-electron chi connectivity index (χ4n) is 4.30. The lowest BCUT2D eigenvalue weighted by Gasteiger charge is -2.25. The van der Waals surface area contributed by atoms with Gasteiger partial charge < -0.3 is 9.55 Å². The normalized spacial score (nSPS) is 15.3. The Morgan fingerprint density at radius 3 is 2.64 bits per heavy atom. The monoisotopic (exact) mass is 466 g/mol. The topological polar surface area (TPSA) is 113 Å². The smallest absolute Gasteiger partial charge is 0.243 e. The van der Waals surface area contributed by atoms with E-state index in [0.717, 1.165) is 41.6 Å². The Morgan fingerprint density at radius 2 is 1.85 bits per heavy atom. The number of nitrogens with zero attached hydrogens (tertiary/aromatic N) is 4. The van der Waals surface area contributed by atoms with Crippen molar-refractivity contribution in [2.24, 2.45) is 7.05 Å². The minimum atomic E-state index is -3.52. The molecule has 9 nitrogen and oxygen atoms in total. The van der Waals surface area contributed by atoms with Gasteiger partial charge in [0.05, 0.1) is 27.0 Å². The highest BCUT2D eigenvalue weighted by Crippen LogP contribution is 2.25. The van der Waals surface area contributed by atoms with Gasteiger partial charge in [0.25, 0.3) is 0 Å². The predicted molar refractivity (Wildman–Crippen MR) is 126 cm³/mol. The molecule has 0 bridgehead atoms. The lowest BCUT2D eigenvalue weighted by molar-refractivity contribution is -0.116. The van der Waals surface area contributed by atoms with E-state index in [-0.39, 0.29) is 17.2 Å². The minimum Gasteiger partial charge on any atom is -0.331 e. The molecule has 5 rings (SSSR count). The summed E-state index contributed by atoms with van der Waals surface area (Å²) in [7, 11) is -1.64. The molecule has 33 heavy (non-hydrogen) atoms. The van der Waals surface area contributed by atoms with Crippen LogP contribution < -0.4 is 5.32 Å². The van der Waals surface area contributed by atoms with Crippen molar-refractivity contribution in [1.82, 2.24) is 23.8 Å². The van der Waals surface area contributed by atoms with E-state index < -0.39 is 10.0 Å². The van der Waals surface area contributed by atoms with Crippen LogP contribution in [0.5, 0.6) is 0 Å². The Labute approximate surface area is 191 Å². The number of amides is 1. The zero-order chi connectivity index (χ0) is 23.0. The number of aryl methyl sites for hydroxylation is 2. The van der Waals surface area contributed by atoms with Crippen LogP contribution in [0, 0.1) is 0 Å². The van der Waals surface area contributed by atoms with Crippen molar-refractivity contribution in [3.63, 3.8) is 0 Å². The van der Waals surface area contributed by atoms with Crippen LogP contribution in [0.2, 0.25) is 0 Å². The number of para-hydroxylation sites is 2. The minimum absolute atomic E-state index is 0.172. The maximum absolute atomic E-state index is 13.0. The lowest BCUT2D eigenvalue weighted by Crippen LogP contribution is -2.35. The molecule has 2 N–H and O–H groups in total. The van der Waals surface area contributed by atoms with Gasteiger partial charge in [-0.3, -0.25) is 10.1 Å². The maximum atomic E-state index is 13.0. The van der Waals surface area contributed by atoms with Gasteiger partial charge >= 0.3 is 0 Å². The van der Waals surface area contributed by atoms with Crippen molar-refractivity contribution in [3.8, 4) is 0 Å². The molecule has 2 aromatic carbocycles. The van der Waals surface area contributed by atoms with Crippen LogP contribution in [0.3, 0.4) is 0 Å². The van der Waals surface area contributed by atoms with E-state index in [1.807, 2.05) is 35.9 Å². The number of nitrogens with one attached hydrogen (secondary N) is 2. The van der Waals surface area contributed by atoms with Crippen molar-refractivity contribution in [3.05, 3.63) is 48.3 Å². The molecule has 1 aliphatic heterocycles. The van der Waals surface area contributed by atoms with Gasteiger partial charge in [-0.15, -0.1) is 0 Å². The summed E-state index contributed by atoms with van der Waals surface area (Å²) < 4.78 is 29.5. The van der Waals surface area contributed by atoms with Gasteiger partial charge in [-0.05, 0) is 43.2 Å². The Balaban J connectivity index is 1.30. The van der Waals surface area contributed by atoms with E-state index in [1.165, 1.54) is 0 Å². The summed E-state index contributed by atoms with van der Waals surface area (Å²) in [5, 5.41) is 2.79. The number of imidazole rings is 2. The van der Waals surface area contributed by atoms with Gasteiger partial charge in [0.2, 0.25) is 21.9 Å². The van der Waals surface area contributed by atoms with Gasteiger partial charge in [0, 0.05) is 33.0 Å². The van der Waals surface area contributed by atoms with Crippen LogP contribution in [0.15, 0.2) is 47.4 Å². The molecule has 0 saturated carbocycles. The maximum Gasteiger partial charge on any atom is 0.243 e. The van der Waals surface area contributed by atoms with E-state index in [1.54, 1.807) is 22.5 Å². The van der Waals surface area contributed by atoms with Gasteiger partial charge in [-0.25, -0.2) is 18.4 Å². The first kappa shape index (κ1) is 21.6. The summed E-state index contributed by atoms with van der Waals surface area (Å²) in [6, 6.07) is 12.6. The zero-order valence-corrected chi connectivity index (χ0v) is 19.2. The fraction of sp³-hybridized carbons (Fsp3) is 0.348. The molecule has 172 valence electrons. The standard InChI is InChI=1S/C23H26N6O3S/c1-28-20-10-9-16(33(31,32)29-13-5-2-6-14-29)15-19(20)24-21(28)11-12-22(30)27-23-25-17-7-3-4-8-18(17)26-23/h3-4,7-10,15H,2,5-6,11-14H2,1H3,(H2,25,26,27,30). The quantitative estimate of drug-likeness (QED) is 0.453. The Kier molecular flexibility index (Phi) is 5.63. The van der Waals surface area contributed by atoms with E-state index >= 15 is 0 Å². The molecule has 1 aliphatic rings. The van der Waals surface area contributed by atoms with Gasteiger partial charge in [0.1, 0.15) is 5.82 Å². The summed E-state index contributed by atoms with van der Waals surface area (Å²) in [5.41, 5.74) is 3.10. The van der Waals surface area contributed by atoms with Crippen LogP contribution in [-0.4, -0.2) is 51.2 Å². The molecule has 0 unspecified atom stereocenters. The van der Waals surface area contributed by atoms with E-state index in [2.05, 4.69) is 20.3 Å². The number of aromatic nitrogens is 4. The molecule has 10 heteroatoms. The number of carbonyl (C=O) groups is 1. The van der Waals surface area contributed by atoms with Crippen molar-refractivity contribution >= 4 is 43.9 Å². The van der Waals surface area contributed by atoms with Crippen molar-refractivity contribution in [1.29, 1.82) is 0 Å². The number of hydrogen-bond donors (Lipinski definition) is 2. The lowest BCUT2D eigenvalue weighted by atomic mass is 10.2. The summed E-state index contributed by atoms with van der Waals surface area (Å²) in [6.07, 6.45) is 3.51. The van der Waals surface area contributed by atoms with Gasteiger partial charge in [-0.2, -0.15) is 4.31 Å². The number of H-pyrrole nitrogens is 1. The Hall–Kier alpha value is -3.24. The number of carbonyl (C=O) groups excluding carboxylic acids is 1. The molecule has 1 amide bonds. The Morgan fingerprint density at radius 1 is 1.06 bits per heavy atom. The van der Waals surface area contributed by atoms with Crippen molar-refractivity contribution < 1.29 is 13.2 Å². The number of aromatic amines is 1. The van der Waals surface area contributed by atoms with Gasteiger partial charge in [0.15, 0.2) is 0 Å². The molecule has 3 heterocycles. The third-order valence-electron chi connectivity index (χ3n) is 6.12. The molecule has 4 aromatic rings. The van der Waals surface area contributed by atoms with Crippen LogP contribution in [0.25, 0.3) is 22.1 Å². The summed E-state index contributed by atoms with van der Waals surface area (Å²) in [6.45, 7) is 1.13. The second kappa shape index (κ2) is 8.60. The molecular weight excluding hydrogens is 440 g/mol. The van der Waals surface area contributed by atoms with Gasteiger partial charge in [-0.1, -0.05) is 18.6 Å². The molecule has 1 saturated heterocycles. The number of sulfonamides is 1. The van der Waals surface area contributed by atoms with Crippen LogP contribution in [0.1, 0.15) is 31.5 Å². The first-order chi connectivity index (χ1) is 15.9. The molecule has 0 aliphatic carbocycles. The Bertz CT molecular complexity index is 1400. The van der Waals surface area contributed by atoms with Crippen molar-refractivity contribution in [2.45, 2.75) is 37.0 Å². The summed E-state index contributed by atoms with van der Waals surface area (Å²) in [5.74, 6) is 0.963. The van der Waals surface area contributed by atoms with Crippen molar-refractivity contribution in [2.75, 3.05) is 18.4 Å². The molecular formula is C23H26N6O3S. The average Bonchev–Trinajstić information content (AvgIpc) is 3.37. The molecule has 2 aromatic heterocycles. The zero-order valence-electron chi connectivity index (χ0n) is 18.4. The number of fused-ring (bicyclic) bond motifs is 2. The van der Waals surface area contributed by atoms with Crippen LogP contribution in [-0.2, 0) is 28.3 Å². The molecule has 0 spiro atoms. The first-order valence-corrected chi connectivity index (χ1v) is 12.6. The van der Waals surface area contributed by atoms with E-state index in [9.17, 15) is 13.2 Å². The third-order valence-corrected chi connectivity index (χ3v) is 8.02. The first-order valence-electron chi connectivity index (χ1n) is 11.1. The molecule has 1 fully saturated rings. The second-order valence-electron chi connectivity index (χ2n) is 8.35. The number of hydrogen-bond acceptors (Lipinski definition) is 5. The number of anilines is 1.